The highest BCUT2D eigenvalue weighted by atomic mass is 16.3. The Balaban J connectivity index is 0.000000533. The monoisotopic (exact) mass is 445 g/mol. The third kappa shape index (κ3) is 10.7. The van der Waals surface area contributed by atoms with Crippen LogP contribution in [0.1, 0.15) is 76.6 Å². The van der Waals surface area contributed by atoms with E-state index >= 15 is 0 Å². The molecular weight excluding hydrogens is 406 g/mol. The summed E-state index contributed by atoms with van der Waals surface area (Å²) in [6.07, 6.45) is 15.2. The van der Waals surface area contributed by atoms with E-state index in [4.69, 9.17) is 10.2 Å². The van der Waals surface area contributed by atoms with Crippen molar-refractivity contribution >= 4 is 5.78 Å². The molecule has 0 bridgehead atoms. The number of aromatic amines is 1. The number of H-pyrrole nitrogens is 1. The average molecular weight is 446 g/mol. The second kappa shape index (κ2) is 14.6. The van der Waals surface area contributed by atoms with Crippen LogP contribution in [-0.4, -0.2) is 38.3 Å². The fourth-order valence-electron chi connectivity index (χ4n) is 3.57. The van der Waals surface area contributed by atoms with Crippen LogP contribution in [0, 0.1) is 11.8 Å². The molecule has 0 unspecified atom stereocenters. The van der Waals surface area contributed by atoms with Gasteiger partial charge in [-0.1, -0.05) is 57.1 Å². The fraction of sp³-hybridized carbons (Fsp3) is 0.538. The number of hydrogen-bond donors (Lipinski definition) is 4. The molecule has 1 fully saturated rings. The molecule has 0 amide bonds. The number of carbonyl (C=O) groups is 1. The lowest BCUT2D eigenvalue weighted by Crippen LogP contribution is -2.21. The Morgan fingerprint density at radius 3 is 2.22 bits per heavy atom. The molecule has 2 rings (SSSR count). The van der Waals surface area contributed by atoms with Gasteiger partial charge in [-0.25, -0.2) is 0 Å². The van der Waals surface area contributed by atoms with Crippen molar-refractivity contribution in [2.45, 2.75) is 78.4 Å². The number of aromatic nitrogens is 1. The first kappa shape index (κ1) is 27.6. The van der Waals surface area contributed by atoms with Gasteiger partial charge in [0, 0.05) is 6.20 Å². The molecule has 1 heterocycles. The SMILES string of the molecule is CC[C@@H](C)C[C@@H](C)/C=C(C)/C=C/C=C/C(=O)c1c(O)cc[nH]c1=O.OC1CCC(O)CC1. The van der Waals surface area contributed by atoms with Gasteiger partial charge < -0.3 is 20.3 Å². The van der Waals surface area contributed by atoms with Gasteiger partial charge in [0.05, 0.1) is 12.2 Å². The highest BCUT2D eigenvalue weighted by Crippen LogP contribution is 2.18. The number of aliphatic hydroxyl groups is 2. The lowest BCUT2D eigenvalue weighted by molar-refractivity contribution is 0.0541. The van der Waals surface area contributed by atoms with Crippen molar-refractivity contribution < 1.29 is 20.1 Å². The molecule has 0 saturated heterocycles. The molecule has 1 saturated carbocycles. The number of hydrogen-bond acceptors (Lipinski definition) is 5. The number of nitrogens with one attached hydrogen (secondary N) is 1. The Bertz CT molecular complexity index is 834. The van der Waals surface area contributed by atoms with Crippen LogP contribution >= 0.6 is 0 Å². The largest absolute Gasteiger partial charge is 0.507 e. The number of carbonyl (C=O) groups excluding carboxylic acids is 1. The van der Waals surface area contributed by atoms with Gasteiger partial charge in [-0.15, -0.1) is 0 Å². The van der Waals surface area contributed by atoms with E-state index < -0.39 is 11.3 Å². The predicted octanol–water partition coefficient (Wildman–Crippen LogP) is 4.68. The van der Waals surface area contributed by atoms with Crippen molar-refractivity contribution in [1.29, 1.82) is 0 Å². The van der Waals surface area contributed by atoms with Crippen LogP contribution in [0.3, 0.4) is 0 Å². The first-order valence-electron chi connectivity index (χ1n) is 11.5. The normalized spacial score (nSPS) is 21.2. The number of pyridine rings is 1. The summed E-state index contributed by atoms with van der Waals surface area (Å²) in [5.41, 5.74) is 0.295. The lowest BCUT2D eigenvalue weighted by Gasteiger charge is -2.20. The summed E-state index contributed by atoms with van der Waals surface area (Å²) in [4.78, 5) is 25.9. The van der Waals surface area contributed by atoms with E-state index in [9.17, 15) is 14.7 Å². The van der Waals surface area contributed by atoms with Crippen molar-refractivity contribution in [1.82, 2.24) is 4.98 Å². The van der Waals surface area contributed by atoms with Crippen molar-refractivity contribution in [2.24, 2.45) is 11.8 Å². The number of ketones is 1. The second-order valence-electron chi connectivity index (χ2n) is 8.75. The third-order valence-electron chi connectivity index (χ3n) is 5.59. The summed E-state index contributed by atoms with van der Waals surface area (Å²) in [6.45, 7) is 8.68. The number of rotatable bonds is 8. The Kier molecular flexibility index (Phi) is 12.6. The maximum absolute atomic E-state index is 11.9. The molecule has 178 valence electrons. The van der Waals surface area contributed by atoms with Crippen LogP contribution in [0.2, 0.25) is 0 Å². The second-order valence-corrected chi connectivity index (χ2v) is 8.75. The van der Waals surface area contributed by atoms with Crippen LogP contribution in [0.25, 0.3) is 0 Å². The number of allylic oxidation sites excluding steroid dienone is 6. The van der Waals surface area contributed by atoms with E-state index in [0.29, 0.717) is 11.8 Å². The Hall–Kier alpha value is -2.44. The summed E-state index contributed by atoms with van der Waals surface area (Å²) < 4.78 is 0. The minimum Gasteiger partial charge on any atom is -0.507 e. The molecule has 6 heteroatoms. The molecule has 2 atom stereocenters. The zero-order valence-electron chi connectivity index (χ0n) is 19.8. The van der Waals surface area contributed by atoms with Gasteiger partial charge in [-0.2, -0.15) is 0 Å². The van der Waals surface area contributed by atoms with Gasteiger partial charge in [-0.05, 0) is 63.0 Å². The summed E-state index contributed by atoms with van der Waals surface area (Å²) in [6, 6.07) is 1.28. The maximum Gasteiger partial charge on any atom is 0.262 e. The molecule has 0 aromatic carbocycles. The predicted molar refractivity (Wildman–Crippen MR) is 129 cm³/mol. The van der Waals surface area contributed by atoms with E-state index in [0.717, 1.165) is 37.7 Å². The van der Waals surface area contributed by atoms with Crippen LogP contribution in [0.5, 0.6) is 5.75 Å². The van der Waals surface area contributed by atoms with E-state index in [1.807, 2.05) is 13.0 Å². The molecular formula is C26H39NO5. The summed E-state index contributed by atoms with van der Waals surface area (Å²) in [5, 5.41) is 27.4. The lowest BCUT2D eigenvalue weighted by atomic mass is 9.94. The Labute approximate surface area is 191 Å². The minimum atomic E-state index is -0.594. The van der Waals surface area contributed by atoms with Crippen molar-refractivity contribution in [3.8, 4) is 5.75 Å². The van der Waals surface area contributed by atoms with Crippen LogP contribution in [0.4, 0.5) is 0 Å². The summed E-state index contributed by atoms with van der Waals surface area (Å²) in [7, 11) is 0. The molecule has 1 aromatic rings. The van der Waals surface area contributed by atoms with Crippen molar-refractivity contribution in [3.05, 3.63) is 64.1 Å². The average Bonchev–Trinajstić information content (AvgIpc) is 2.73. The highest BCUT2D eigenvalue weighted by molar-refractivity contribution is 6.06. The third-order valence-corrected chi connectivity index (χ3v) is 5.59. The highest BCUT2D eigenvalue weighted by Gasteiger charge is 2.16. The molecule has 1 aliphatic rings. The van der Waals surface area contributed by atoms with Crippen LogP contribution in [-0.2, 0) is 0 Å². The molecule has 1 aromatic heterocycles. The van der Waals surface area contributed by atoms with Crippen LogP contribution in [0.15, 0.2) is 53.0 Å². The molecule has 0 spiro atoms. The standard InChI is InChI=1S/C20H27NO3.C6H12O2/c1-5-14(2)12-16(4)13-15(3)8-6-7-9-17(22)19-18(23)10-11-21-20(19)24;7-5-1-2-6(8)4-3-5/h6-11,13-14,16H,5,12H2,1-4H3,(H2,21,23,24);5-8H,1-4H2/b8-6+,9-7+,15-13+;/t14-,16-;/m1./s1. The van der Waals surface area contributed by atoms with Gasteiger partial charge >= 0.3 is 0 Å². The smallest absolute Gasteiger partial charge is 0.262 e. The Morgan fingerprint density at radius 2 is 1.69 bits per heavy atom. The van der Waals surface area contributed by atoms with Crippen molar-refractivity contribution in [3.63, 3.8) is 0 Å². The van der Waals surface area contributed by atoms with Gasteiger partial charge in [-0.3, -0.25) is 9.59 Å². The van der Waals surface area contributed by atoms with E-state index in [2.05, 4.69) is 31.8 Å². The minimum absolute atomic E-state index is 0.140. The quantitative estimate of drug-likeness (QED) is 0.264. The van der Waals surface area contributed by atoms with E-state index in [1.54, 1.807) is 12.2 Å². The molecule has 1 aliphatic carbocycles. The topological polar surface area (TPSA) is 111 Å². The summed E-state index contributed by atoms with van der Waals surface area (Å²) in [5.74, 6) is 0.385. The maximum atomic E-state index is 11.9. The molecule has 4 N–H and O–H groups in total. The molecule has 32 heavy (non-hydrogen) atoms. The van der Waals surface area contributed by atoms with Gasteiger partial charge in [0.15, 0.2) is 5.78 Å². The van der Waals surface area contributed by atoms with E-state index in [-0.39, 0.29) is 23.5 Å². The molecule has 6 nitrogen and oxygen atoms in total. The zero-order valence-corrected chi connectivity index (χ0v) is 19.8. The Morgan fingerprint density at radius 1 is 1.12 bits per heavy atom. The zero-order chi connectivity index (χ0) is 24.1. The first-order valence-corrected chi connectivity index (χ1v) is 11.5. The fourth-order valence-corrected chi connectivity index (χ4v) is 3.57. The molecule has 0 aliphatic heterocycles. The van der Waals surface area contributed by atoms with E-state index in [1.165, 1.54) is 24.8 Å². The van der Waals surface area contributed by atoms with Crippen LogP contribution < -0.4 is 5.56 Å². The van der Waals surface area contributed by atoms with Gasteiger partial charge in [0.1, 0.15) is 11.3 Å². The van der Waals surface area contributed by atoms with Crippen molar-refractivity contribution in [2.75, 3.05) is 0 Å². The summed E-state index contributed by atoms with van der Waals surface area (Å²) >= 11 is 0. The van der Waals surface area contributed by atoms with Gasteiger partial charge in [0.2, 0.25) is 0 Å². The number of aliphatic hydroxyl groups excluding tert-OH is 2. The molecule has 0 radical (unpaired) electrons. The van der Waals surface area contributed by atoms with Gasteiger partial charge in [0.25, 0.3) is 5.56 Å². The number of aromatic hydroxyl groups is 1. The first-order chi connectivity index (χ1) is 15.1.